The molecule has 3 N–H and O–H groups in total. The van der Waals surface area contributed by atoms with Crippen LogP contribution < -0.4 is 11.1 Å². The van der Waals surface area contributed by atoms with Crippen molar-refractivity contribution >= 4 is 11.8 Å². The van der Waals surface area contributed by atoms with E-state index in [0.717, 1.165) is 25.7 Å². The second kappa shape index (κ2) is 5.04. The van der Waals surface area contributed by atoms with Gasteiger partial charge in [-0.25, -0.2) is 0 Å². The smallest absolute Gasteiger partial charge is 0.239 e. The lowest BCUT2D eigenvalue weighted by molar-refractivity contribution is -0.135. The highest BCUT2D eigenvalue weighted by atomic mass is 16.2. The maximum atomic E-state index is 11.8. The van der Waals surface area contributed by atoms with Gasteiger partial charge in [0.05, 0.1) is 6.54 Å². The van der Waals surface area contributed by atoms with E-state index >= 15 is 0 Å². The van der Waals surface area contributed by atoms with Gasteiger partial charge in [0.15, 0.2) is 0 Å². The first-order valence-electron chi connectivity index (χ1n) is 6.35. The third kappa shape index (κ3) is 4.00. The van der Waals surface area contributed by atoms with Gasteiger partial charge in [0.2, 0.25) is 11.8 Å². The van der Waals surface area contributed by atoms with Crippen LogP contribution in [0.5, 0.6) is 0 Å². The summed E-state index contributed by atoms with van der Waals surface area (Å²) in [4.78, 5) is 24.8. The fourth-order valence-electron chi connectivity index (χ4n) is 1.85. The van der Waals surface area contributed by atoms with Gasteiger partial charge in [0, 0.05) is 25.6 Å². The third-order valence-electron chi connectivity index (χ3n) is 3.39. The Labute approximate surface area is 102 Å². The molecule has 17 heavy (non-hydrogen) atoms. The van der Waals surface area contributed by atoms with Crippen molar-refractivity contribution in [3.8, 4) is 0 Å². The Morgan fingerprint density at radius 1 is 1.35 bits per heavy atom. The van der Waals surface area contributed by atoms with Crippen molar-refractivity contribution < 1.29 is 9.59 Å². The number of nitrogens with two attached hydrogens (primary N) is 1. The number of carbonyl (C=O) groups excluding carboxylic acids is 2. The Morgan fingerprint density at radius 3 is 2.53 bits per heavy atom. The number of amides is 2. The lowest BCUT2D eigenvalue weighted by Crippen LogP contribution is -2.41. The molecule has 0 radical (unpaired) electrons. The minimum Gasteiger partial charge on any atom is -0.352 e. The summed E-state index contributed by atoms with van der Waals surface area (Å²) in [7, 11) is 1.66. The molecule has 2 saturated carbocycles. The average Bonchev–Trinajstić information content (AvgIpc) is 3.11. The van der Waals surface area contributed by atoms with Crippen LogP contribution in [-0.4, -0.2) is 42.4 Å². The van der Waals surface area contributed by atoms with Crippen LogP contribution in [0, 0.1) is 5.92 Å². The maximum Gasteiger partial charge on any atom is 0.239 e. The predicted octanol–water partition coefficient (Wildman–Crippen LogP) is -0.149. The fourth-order valence-corrected chi connectivity index (χ4v) is 1.85. The molecule has 0 aliphatic heterocycles. The van der Waals surface area contributed by atoms with Crippen molar-refractivity contribution in [1.29, 1.82) is 0 Å². The molecule has 96 valence electrons. The summed E-state index contributed by atoms with van der Waals surface area (Å²) in [6.07, 6.45) is 4.77. The Kier molecular flexibility index (Phi) is 3.66. The van der Waals surface area contributed by atoms with Gasteiger partial charge in [-0.2, -0.15) is 0 Å². The topological polar surface area (TPSA) is 75.4 Å². The zero-order chi connectivity index (χ0) is 12.4. The van der Waals surface area contributed by atoms with E-state index in [1.807, 2.05) is 0 Å². The summed E-state index contributed by atoms with van der Waals surface area (Å²) in [6, 6.07) is 0.316. The SMILES string of the molecule is CN(CC(=O)NC1CC1)C(=O)CC(N)C1CC1. The summed E-state index contributed by atoms with van der Waals surface area (Å²) in [6.45, 7) is 0.146. The normalized spacial score (nSPS) is 20.8. The fraction of sp³-hybridized carbons (Fsp3) is 0.833. The molecule has 2 aliphatic carbocycles. The van der Waals surface area contributed by atoms with Gasteiger partial charge in [-0.05, 0) is 31.6 Å². The molecule has 0 aromatic carbocycles. The molecule has 2 fully saturated rings. The molecule has 5 nitrogen and oxygen atoms in total. The second-order valence-electron chi connectivity index (χ2n) is 5.30. The van der Waals surface area contributed by atoms with Gasteiger partial charge in [0.1, 0.15) is 0 Å². The first-order chi connectivity index (χ1) is 8.06. The number of rotatable bonds is 6. The zero-order valence-corrected chi connectivity index (χ0v) is 10.3. The van der Waals surface area contributed by atoms with Crippen molar-refractivity contribution in [3.63, 3.8) is 0 Å². The quantitative estimate of drug-likeness (QED) is 0.677. The number of nitrogens with zero attached hydrogens (tertiary/aromatic N) is 1. The van der Waals surface area contributed by atoms with Crippen LogP contribution in [0.4, 0.5) is 0 Å². The minimum absolute atomic E-state index is 0.0311. The molecule has 0 spiro atoms. The molecule has 5 heteroatoms. The molecule has 2 amide bonds. The molecule has 0 aromatic rings. The number of hydrogen-bond acceptors (Lipinski definition) is 3. The molecule has 0 aromatic heterocycles. The third-order valence-corrected chi connectivity index (χ3v) is 3.39. The van der Waals surface area contributed by atoms with Crippen molar-refractivity contribution in [2.75, 3.05) is 13.6 Å². The van der Waals surface area contributed by atoms with Gasteiger partial charge in [-0.15, -0.1) is 0 Å². The van der Waals surface area contributed by atoms with Crippen molar-refractivity contribution in [3.05, 3.63) is 0 Å². The molecule has 2 aliphatic rings. The maximum absolute atomic E-state index is 11.8. The zero-order valence-electron chi connectivity index (χ0n) is 10.3. The Hall–Kier alpha value is -1.10. The van der Waals surface area contributed by atoms with E-state index in [2.05, 4.69) is 5.32 Å². The summed E-state index contributed by atoms with van der Waals surface area (Å²) in [5.41, 5.74) is 5.89. The average molecular weight is 239 g/mol. The monoisotopic (exact) mass is 239 g/mol. The summed E-state index contributed by atoms with van der Waals surface area (Å²) in [5.74, 6) is 0.423. The van der Waals surface area contributed by atoms with Crippen LogP contribution in [0.15, 0.2) is 0 Å². The highest BCUT2D eigenvalue weighted by molar-refractivity contribution is 5.85. The Morgan fingerprint density at radius 2 is 2.00 bits per heavy atom. The van der Waals surface area contributed by atoms with Crippen molar-refractivity contribution in [2.24, 2.45) is 11.7 Å². The van der Waals surface area contributed by atoms with Gasteiger partial charge in [-0.3, -0.25) is 9.59 Å². The van der Waals surface area contributed by atoms with Crippen molar-refractivity contribution in [2.45, 2.75) is 44.2 Å². The van der Waals surface area contributed by atoms with Gasteiger partial charge in [0.25, 0.3) is 0 Å². The van der Waals surface area contributed by atoms with Crippen LogP contribution >= 0.6 is 0 Å². The highest BCUT2D eigenvalue weighted by Gasteiger charge is 2.31. The van der Waals surface area contributed by atoms with E-state index in [9.17, 15) is 9.59 Å². The second-order valence-corrected chi connectivity index (χ2v) is 5.30. The molecular formula is C12H21N3O2. The van der Waals surface area contributed by atoms with Crippen molar-refractivity contribution in [1.82, 2.24) is 10.2 Å². The van der Waals surface area contributed by atoms with Crippen LogP contribution in [0.1, 0.15) is 32.1 Å². The van der Waals surface area contributed by atoms with E-state index in [4.69, 9.17) is 5.73 Å². The molecular weight excluding hydrogens is 218 g/mol. The summed E-state index contributed by atoms with van der Waals surface area (Å²) < 4.78 is 0. The molecule has 1 unspecified atom stereocenters. The highest BCUT2D eigenvalue weighted by Crippen LogP contribution is 2.32. The standard InChI is InChI=1S/C12H21N3O2/c1-15(7-11(16)14-9-4-5-9)12(17)6-10(13)8-2-3-8/h8-10H,2-7,13H2,1H3,(H,14,16). The summed E-state index contributed by atoms with van der Waals surface area (Å²) >= 11 is 0. The Bertz CT molecular complexity index is 311. The summed E-state index contributed by atoms with van der Waals surface area (Å²) in [5, 5.41) is 2.86. The largest absolute Gasteiger partial charge is 0.352 e. The van der Waals surface area contributed by atoms with Crippen LogP contribution in [0.3, 0.4) is 0 Å². The van der Waals surface area contributed by atoms with Crippen LogP contribution in [-0.2, 0) is 9.59 Å². The predicted molar refractivity (Wildman–Crippen MR) is 64.1 cm³/mol. The molecule has 2 rings (SSSR count). The Balaban J connectivity index is 1.67. The van der Waals surface area contributed by atoms with E-state index in [1.54, 1.807) is 7.05 Å². The van der Waals surface area contributed by atoms with Gasteiger partial charge >= 0.3 is 0 Å². The molecule has 1 atom stereocenters. The minimum atomic E-state index is -0.0663. The van der Waals surface area contributed by atoms with Gasteiger partial charge in [-0.1, -0.05) is 0 Å². The van der Waals surface area contributed by atoms with Gasteiger partial charge < -0.3 is 16.0 Å². The number of likely N-dealkylation sites (N-methyl/N-ethyl adjacent to an activating group) is 1. The van der Waals surface area contributed by atoms with E-state index in [1.165, 1.54) is 4.90 Å². The van der Waals surface area contributed by atoms with Crippen LogP contribution in [0.25, 0.3) is 0 Å². The first-order valence-corrected chi connectivity index (χ1v) is 6.35. The van der Waals surface area contributed by atoms with E-state index in [0.29, 0.717) is 18.4 Å². The number of hydrogen-bond donors (Lipinski definition) is 2. The lowest BCUT2D eigenvalue weighted by Gasteiger charge is -2.19. The van der Waals surface area contributed by atoms with E-state index in [-0.39, 0.29) is 24.4 Å². The first kappa shape index (κ1) is 12.4. The number of nitrogens with one attached hydrogen (secondary N) is 1. The number of carbonyl (C=O) groups is 2. The van der Waals surface area contributed by atoms with Crippen LogP contribution in [0.2, 0.25) is 0 Å². The molecule has 0 bridgehead atoms. The van der Waals surface area contributed by atoms with E-state index < -0.39 is 0 Å². The molecule has 0 heterocycles. The molecule has 0 saturated heterocycles. The lowest BCUT2D eigenvalue weighted by atomic mass is 10.1.